The molecule has 0 N–H and O–H groups in total. The third-order valence-electron chi connectivity index (χ3n) is 1.92. The Morgan fingerprint density at radius 1 is 1.60 bits per heavy atom. The largest absolute Gasteiger partial charge is 0.495 e. The summed E-state index contributed by atoms with van der Waals surface area (Å²) in [6.45, 7) is 1.17. The van der Waals surface area contributed by atoms with E-state index in [1.807, 2.05) is 0 Å². The van der Waals surface area contributed by atoms with Gasteiger partial charge in [0.2, 0.25) is 11.9 Å². The van der Waals surface area contributed by atoms with Gasteiger partial charge in [0.25, 0.3) is 0 Å². The van der Waals surface area contributed by atoms with Gasteiger partial charge in [-0.2, -0.15) is 4.99 Å². The van der Waals surface area contributed by atoms with Crippen LogP contribution in [0.3, 0.4) is 0 Å². The van der Waals surface area contributed by atoms with Crippen LogP contribution in [0.1, 0.15) is 12.5 Å². The summed E-state index contributed by atoms with van der Waals surface area (Å²) in [5, 5.41) is 0. The van der Waals surface area contributed by atoms with E-state index in [2.05, 4.69) is 20.9 Å². The van der Waals surface area contributed by atoms with Crippen LogP contribution < -0.4 is 4.74 Å². The number of hydrogen-bond acceptors (Lipinski definition) is 3. The van der Waals surface area contributed by atoms with E-state index in [0.29, 0.717) is 10.2 Å². The minimum absolute atomic E-state index is 0.183. The van der Waals surface area contributed by atoms with Crippen molar-refractivity contribution in [2.45, 2.75) is 12.7 Å². The van der Waals surface area contributed by atoms with Gasteiger partial charge in [0, 0.05) is 0 Å². The van der Waals surface area contributed by atoms with E-state index in [1.54, 1.807) is 12.1 Å². The Bertz CT molecular complexity index is 414. The molecule has 1 rings (SSSR count). The predicted molar refractivity (Wildman–Crippen MR) is 57.3 cm³/mol. The molecule has 5 heteroatoms. The van der Waals surface area contributed by atoms with Crippen LogP contribution in [0.4, 0.5) is 4.39 Å². The van der Waals surface area contributed by atoms with E-state index in [4.69, 9.17) is 4.74 Å². The van der Waals surface area contributed by atoms with Crippen molar-refractivity contribution in [3.63, 3.8) is 0 Å². The minimum atomic E-state index is -2.13. The summed E-state index contributed by atoms with van der Waals surface area (Å²) in [6.07, 6.45) is 1.21. The van der Waals surface area contributed by atoms with Gasteiger partial charge >= 0.3 is 0 Å². The summed E-state index contributed by atoms with van der Waals surface area (Å²) in [5.41, 5.74) is 0.183. The summed E-state index contributed by atoms with van der Waals surface area (Å²) in [6, 6.07) is 4.85. The number of aliphatic imine (C=N–C) groups is 1. The van der Waals surface area contributed by atoms with Crippen molar-refractivity contribution in [3.05, 3.63) is 28.2 Å². The number of para-hydroxylation sites is 1. The maximum Gasteiger partial charge on any atom is 0.238 e. The second-order valence-corrected chi connectivity index (χ2v) is 3.83. The number of alkyl halides is 1. The summed E-state index contributed by atoms with van der Waals surface area (Å²) < 4.78 is 19.6. The Morgan fingerprint density at radius 3 is 2.80 bits per heavy atom. The van der Waals surface area contributed by atoms with Crippen LogP contribution in [0, 0.1) is 0 Å². The normalized spacial score (nSPS) is 13.9. The fourth-order valence-electron chi connectivity index (χ4n) is 1.22. The molecule has 0 radical (unpaired) electrons. The molecule has 3 nitrogen and oxygen atoms in total. The quantitative estimate of drug-likeness (QED) is 0.483. The number of isocyanates is 1. The Hall–Kier alpha value is -1.19. The molecule has 0 spiro atoms. The molecule has 0 bridgehead atoms. The van der Waals surface area contributed by atoms with Gasteiger partial charge in [-0.1, -0.05) is 12.1 Å². The molecule has 0 amide bonds. The maximum absolute atomic E-state index is 13.9. The Balaban J connectivity index is 3.36. The zero-order chi connectivity index (χ0) is 11.5. The first kappa shape index (κ1) is 11.9. The van der Waals surface area contributed by atoms with Gasteiger partial charge in [0.1, 0.15) is 5.75 Å². The van der Waals surface area contributed by atoms with Crippen molar-refractivity contribution in [1.29, 1.82) is 0 Å². The van der Waals surface area contributed by atoms with Crippen molar-refractivity contribution in [2.75, 3.05) is 7.11 Å². The number of ether oxygens (including phenoxy) is 1. The van der Waals surface area contributed by atoms with Crippen molar-refractivity contribution >= 4 is 22.0 Å². The van der Waals surface area contributed by atoms with Crippen LogP contribution >= 0.6 is 15.9 Å². The molecule has 1 unspecified atom stereocenters. The lowest BCUT2D eigenvalue weighted by Gasteiger charge is -2.17. The number of rotatable bonds is 3. The molecule has 0 fully saturated rings. The molecular formula is C10H9BrFNO2. The number of carbonyl (C=O) groups excluding carboxylic acids is 1. The number of halogens is 2. The van der Waals surface area contributed by atoms with E-state index < -0.39 is 5.79 Å². The summed E-state index contributed by atoms with van der Waals surface area (Å²) in [7, 11) is 1.42. The molecule has 1 aromatic carbocycles. The van der Waals surface area contributed by atoms with E-state index in [9.17, 15) is 9.18 Å². The molecule has 1 atom stereocenters. The first-order valence-corrected chi connectivity index (χ1v) is 4.93. The molecule has 80 valence electrons. The molecule has 0 saturated heterocycles. The average molecular weight is 274 g/mol. The van der Waals surface area contributed by atoms with Crippen LogP contribution in [-0.2, 0) is 10.6 Å². The van der Waals surface area contributed by atoms with Crippen LogP contribution in [0.5, 0.6) is 5.75 Å². The van der Waals surface area contributed by atoms with Gasteiger partial charge in [-0.15, -0.1) is 0 Å². The first-order valence-electron chi connectivity index (χ1n) is 4.14. The smallest absolute Gasteiger partial charge is 0.238 e. The molecule has 0 aliphatic heterocycles. The van der Waals surface area contributed by atoms with Crippen molar-refractivity contribution in [3.8, 4) is 5.75 Å². The molecule has 0 saturated carbocycles. The van der Waals surface area contributed by atoms with Crippen molar-refractivity contribution < 1.29 is 13.9 Å². The van der Waals surface area contributed by atoms with E-state index >= 15 is 0 Å². The molecule has 0 aliphatic carbocycles. The summed E-state index contributed by atoms with van der Waals surface area (Å²) in [5.74, 6) is -1.81. The zero-order valence-corrected chi connectivity index (χ0v) is 9.84. The van der Waals surface area contributed by atoms with E-state index in [0.717, 1.165) is 0 Å². The third-order valence-corrected chi connectivity index (χ3v) is 2.54. The highest BCUT2D eigenvalue weighted by molar-refractivity contribution is 9.10. The average Bonchev–Trinajstić information content (AvgIpc) is 2.17. The Morgan fingerprint density at radius 2 is 2.27 bits per heavy atom. The lowest BCUT2D eigenvalue weighted by atomic mass is 10.1. The molecular weight excluding hydrogens is 265 g/mol. The maximum atomic E-state index is 13.9. The number of nitrogens with zero attached hydrogens (tertiary/aromatic N) is 1. The zero-order valence-electron chi connectivity index (χ0n) is 8.25. The van der Waals surface area contributed by atoms with Gasteiger partial charge in [0.15, 0.2) is 0 Å². The van der Waals surface area contributed by atoms with Gasteiger partial charge in [-0.3, -0.25) is 0 Å². The summed E-state index contributed by atoms with van der Waals surface area (Å²) in [4.78, 5) is 13.2. The van der Waals surface area contributed by atoms with Gasteiger partial charge in [-0.05, 0) is 28.9 Å². The summed E-state index contributed by atoms with van der Waals surface area (Å²) >= 11 is 3.22. The third kappa shape index (κ3) is 2.43. The van der Waals surface area contributed by atoms with Crippen LogP contribution in [0.15, 0.2) is 27.7 Å². The fourth-order valence-corrected chi connectivity index (χ4v) is 1.75. The van der Waals surface area contributed by atoms with E-state index in [1.165, 1.54) is 26.2 Å². The predicted octanol–water partition coefficient (Wildman–Crippen LogP) is 2.94. The Labute approximate surface area is 95.1 Å². The van der Waals surface area contributed by atoms with Gasteiger partial charge in [-0.25, -0.2) is 9.18 Å². The van der Waals surface area contributed by atoms with Crippen LogP contribution in [0.25, 0.3) is 0 Å². The molecule has 0 aliphatic rings. The minimum Gasteiger partial charge on any atom is -0.495 e. The number of hydrogen-bond donors (Lipinski definition) is 0. The highest BCUT2D eigenvalue weighted by Gasteiger charge is 2.29. The highest BCUT2D eigenvalue weighted by atomic mass is 79.9. The van der Waals surface area contributed by atoms with E-state index in [-0.39, 0.29) is 5.56 Å². The van der Waals surface area contributed by atoms with Crippen molar-refractivity contribution in [1.82, 2.24) is 0 Å². The van der Waals surface area contributed by atoms with Crippen LogP contribution in [-0.4, -0.2) is 13.2 Å². The fraction of sp³-hybridized carbons (Fsp3) is 0.300. The SMILES string of the molecule is COc1c(Br)cccc1C(C)(F)N=C=O. The Kier molecular flexibility index (Phi) is 3.61. The monoisotopic (exact) mass is 273 g/mol. The lowest BCUT2D eigenvalue weighted by Crippen LogP contribution is -2.13. The van der Waals surface area contributed by atoms with Crippen molar-refractivity contribution in [2.24, 2.45) is 4.99 Å². The molecule has 15 heavy (non-hydrogen) atoms. The second-order valence-electron chi connectivity index (χ2n) is 2.98. The van der Waals surface area contributed by atoms with Gasteiger partial charge in [0.05, 0.1) is 17.1 Å². The van der Waals surface area contributed by atoms with Gasteiger partial charge < -0.3 is 4.74 Å². The molecule has 0 heterocycles. The highest BCUT2D eigenvalue weighted by Crippen LogP contribution is 2.38. The lowest BCUT2D eigenvalue weighted by molar-refractivity contribution is 0.198. The first-order chi connectivity index (χ1) is 7.03. The number of methoxy groups -OCH3 is 1. The second kappa shape index (κ2) is 4.55. The molecule has 1 aromatic rings. The molecule has 0 aromatic heterocycles. The standard InChI is InChI=1S/C10H9BrFNO2/c1-10(12,13-6-14)7-4-3-5-8(11)9(7)15-2/h3-5H,1-2H3. The topological polar surface area (TPSA) is 38.7 Å². The van der Waals surface area contributed by atoms with Crippen LogP contribution in [0.2, 0.25) is 0 Å². The number of benzene rings is 1.